The highest BCUT2D eigenvalue weighted by molar-refractivity contribution is 9.10. The fourth-order valence-corrected chi connectivity index (χ4v) is 1.19. The molecule has 1 rings (SSSR count). The van der Waals surface area contributed by atoms with Crippen LogP contribution in [0.5, 0.6) is 0 Å². The van der Waals surface area contributed by atoms with Crippen molar-refractivity contribution in [2.24, 2.45) is 0 Å². The summed E-state index contributed by atoms with van der Waals surface area (Å²) in [5, 5.41) is 12.5. The van der Waals surface area contributed by atoms with Crippen LogP contribution in [0.4, 0.5) is 5.69 Å². The van der Waals surface area contributed by atoms with E-state index in [1.54, 1.807) is 6.92 Å². The average molecular weight is 244 g/mol. The molecule has 0 radical (unpaired) electrons. The van der Waals surface area contributed by atoms with Crippen molar-refractivity contribution in [2.75, 3.05) is 5.32 Å². The van der Waals surface area contributed by atoms with Gasteiger partial charge in [-0.3, -0.25) is 0 Å². The normalized spacial score (nSPS) is 15.1. The van der Waals surface area contributed by atoms with Gasteiger partial charge in [0.2, 0.25) is 0 Å². The first-order chi connectivity index (χ1) is 6.09. The average Bonchev–Trinajstić information content (AvgIpc) is 2.08. The summed E-state index contributed by atoms with van der Waals surface area (Å²) >= 11 is 3.36. The van der Waals surface area contributed by atoms with Crippen LogP contribution in [0.15, 0.2) is 28.7 Å². The third-order valence-electron chi connectivity index (χ3n) is 1.96. The zero-order chi connectivity index (χ0) is 9.84. The number of aliphatic hydroxyl groups excluding tert-OH is 1. The molecule has 13 heavy (non-hydrogen) atoms. The van der Waals surface area contributed by atoms with E-state index in [2.05, 4.69) is 21.2 Å². The Morgan fingerprint density at radius 2 is 1.77 bits per heavy atom. The molecule has 0 heterocycles. The van der Waals surface area contributed by atoms with Crippen molar-refractivity contribution in [2.45, 2.75) is 26.0 Å². The van der Waals surface area contributed by atoms with E-state index in [0.29, 0.717) is 0 Å². The molecule has 0 fully saturated rings. The maximum absolute atomic E-state index is 9.27. The Balaban J connectivity index is 2.59. The lowest BCUT2D eigenvalue weighted by molar-refractivity contribution is 0.178. The second-order valence-electron chi connectivity index (χ2n) is 3.18. The monoisotopic (exact) mass is 243 g/mol. The van der Waals surface area contributed by atoms with Crippen LogP contribution in [0.3, 0.4) is 0 Å². The molecule has 0 aliphatic heterocycles. The summed E-state index contributed by atoms with van der Waals surface area (Å²) < 4.78 is 1.06. The molecule has 2 nitrogen and oxygen atoms in total. The van der Waals surface area contributed by atoms with Crippen molar-refractivity contribution in [1.29, 1.82) is 0 Å². The summed E-state index contributed by atoms with van der Waals surface area (Å²) in [4.78, 5) is 0. The van der Waals surface area contributed by atoms with Crippen LogP contribution in [-0.4, -0.2) is 17.3 Å². The molecule has 0 aromatic heterocycles. The highest BCUT2D eigenvalue weighted by atomic mass is 79.9. The molecule has 0 aliphatic rings. The van der Waals surface area contributed by atoms with Gasteiger partial charge in [0.25, 0.3) is 0 Å². The van der Waals surface area contributed by atoms with Crippen LogP contribution < -0.4 is 5.32 Å². The Kier molecular flexibility index (Phi) is 3.75. The molecule has 72 valence electrons. The van der Waals surface area contributed by atoms with Crippen molar-refractivity contribution in [3.8, 4) is 0 Å². The van der Waals surface area contributed by atoms with Crippen molar-refractivity contribution < 1.29 is 5.11 Å². The fraction of sp³-hybridized carbons (Fsp3) is 0.400. The SMILES string of the molecule is C[C@@H](O)[C@@H](C)Nc1ccc(Br)cc1. The number of halogens is 1. The summed E-state index contributed by atoms with van der Waals surface area (Å²) in [6.45, 7) is 3.73. The van der Waals surface area contributed by atoms with Gasteiger partial charge in [-0.1, -0.05) is 15.9 Å². The number of aliphatic hydroxyl groups is 1. The fourth-order valence-electron chi connectivity index (χ4n) is 0.930. The van der Waals surface area contributed by atoms with Gasteiger partial charge in [-0.2, -0.15) is 0 Å². The van der Waals surface area contributed by atoms with Crippen molar-refractivity contribution in [3.05, 3.63) is 28.7 Å². The first-order valence-electron chi connectivity index (χ1n) is 4.30. The van der Waals surface area contributed by atoms with E-state index in [9.17, 15) is 5.11 Å². The van der Waals surface area contributed by atoms with Gasteiger partial charge in [-0.05, 0) is 38.1 Å². The summed E-state index contributed by atoms with van der Waals surface area (Å²) in [6, 6.07) is 7.96. The van der Waals surface area contributed by atoms with E-state index in [4.69, 9.17) is 0 Å². The third kappa shape index (κ3) is 3.36. The zero-order valence-electron chi connectivity index (χ0n) is 7.79. The van der Waals surface area contributed by atoms with Crippen molar-refractivity contribution in [1.82, 2.24) is 0 Å². The minimum Gasteiger partial charge on any atom is -0.391 e. The van der Waals surface area contributed by atoms with E-state index in [1.165, 1.54) is 0 Å². The number of hydrogen-bond acceptors (Lipinski definition) is 2. The van der Waals surface area contributed by atoms with Crippen LogP contribution in [0.25, 0.3) is 0 Å². The van der Waals surface area contributed by atoms with Crippen LogP contribution in [-0.2, 0) is 0 Å². The number of hydrogen-bond donors (Lipinski definition) is 2. The van der Waals surface area contributed by atoms with Gasteiger partial charge in [0.15, 0.2) is 0 Å². The predicted molar refractivity (Wildman–Crippen MR) is 58.9 cm³/mol. The third-order valence-corrected chi connectivity index (χ3v) is 2.49. The lowest BCUT2D eigenvalue weighted by atomic mass is 10.2. The highest BCUT2D eigenvalue weighted by Gasteiger charge is 2.07. The van der Waals surface area contributed by atoms with E-state index in [-0.39, 0.29) is 12.1 Å². The Morgan fingerprint density at radius 3 is 2.23 bits per heavy atom. The number of nitrogens with one attached hydrogen (secondary N) is 1. The first kappa shape index (κ1) is 10.5. The summed E-state index contributed by atoms with van der Waals surface area (Å²) in [6.07, 6.45) is -0.344. The van der Waals surface area contributed by atoms with Crippen molar-refractivity contribution >= 4 is 21.6 Å². The molecule has 0 spiro atoms. The molecule has 2 atom stereocenters. The molecule has 3 heteroatoms. The second kappa shape index (κ2) is 4.63. The van der Waals surface area contributed by atoms with E-state index in [1.807, 2.05) is 31.2 Å². The summed E-state index contributed by atoms with van der Waals surface area (Å²) in [5.74, 6) is 0. The number of anilines is 1. The number of rotatable bonds is 3. The Morgan fingerprint density at radius 1 is 1.23 bits per heavy atom. The molecule has 0 unspecified atom stereocenters. The van der Waals surface area contributed by atoms with E-state index in [0.717, 1.165) is 10.2 Å². The molecular formula is C10H14BrNO. The van der Waals surface area contributed by atoms with Gasteiger partial charge in [0, 0.05) is 16.2 Å². The Bertz CT molecular complexity index is 258. The molecule has 0 saturated carbocycles. The predicted octanol–water partition coefficient (Wildman–Crippen LogP) is 2.63. The smallest absolute Gasteiger partial charge is 0.0710 e. The second-order valence-corrected chi connectivity index (χ2v) is 4.10. The minimum atomic E-state index is -0.344. The van der Waals surface area contributed by atoms with Crippen LogP contribution >= 0.6 is 15.9 Å². The molecule has 0 bridgehead atoms. The zero-order valence-corrected chi connectivity index (χ0v) is 9.38. The van der Waals surface area contributed by atoms with Crippen LogP contribution in [0.1, 0.15) is 13.8 Å². The van der Waals surface area contributed by atoms with Gasteiger partial charge < -0.3 is 10.4 Å². The lowest BCUT2D eigenvalue weighted by Gasteiger charge is -2.17. The first-order valence-corrected chi connectivity index (χ1v) is 5.09. The van der Waals surface area contributed by atoms with Crippen LogP contribution in [0, 0.1) is 0 Å². The Labute approximate surface area is 87.1 Å². The van der Waals surface area contributed by atoms with Gasteiger partial charge >= 0.3 is 0 Å². The molecular weight excluding hydrogens is 230 g/mol. The largest absolute Gasteiger partial charge is 0.391 e. The van der Waals surface area contributed by atoms with Gasteiger partial charge in [0.05, 0.1) is 6.10 Å². The minimum absolute atomic E-state index is 0.0705. The number of benzene rings is 1. The van der Waals surface area contributed by atoms with Gasteiger partial charge in [-0.15, -0.1) is 0 Å². The molecule has 0 amide bonds. The standard InChI is InChI=1S/C10H14BrNO/c1-7(8(2)13)12-10-5-3-9(11)4-6-10/h3-8,12-13H,1-2H3/t7-,8-/m1/s1. The van der Waals surface area contributed by atoms with Crippen molar-refractivity contribution in [3.63, 3.8) is 0 Å². The topological polar surface area (TPSA) is 32.3 Å². The quantitative estimate of drug-likeness (QED) is 0.856. The maximum atomic E-state index is 9.27. The molecule has 2 N–H and O–H groups in total. The summed E-state index contributed by atoms with van der Waals surface area (Å²) in [5.41, 5.74) is 1.02. The molecule has 0 aliphatic carbocycles. The highest BCUT2D eigenvalue weighted by Crippen LogP contribution is 2.15. The van der Waals surface area contributed by atoms with Crippen LogP contribution in [0.2, 0.25) is 0 Å². The summed E-state index contributed by atoms with van der Waals surface area (Å²) in [7, 11) is 0. The van der Waals surface area contributed by atoms with E-state index < -0.39 is 0 Å². The molecule has 0 saturated heterocycles. The Hall–Kier alpha value is -0.540. The lowest BCUT2D eigenvalue weighted by Crippen LogP contribution is -2.27. The van der Waals surface area contributed by atoms with E-state index >= 15 is 0 Å². The van der Waals surface area contributed by atoms with Gasteiger partial charge in [0.1, 0.15) is 0 Å². The van der Waals surface area contributed by atoms with Gasteiger partial charge in [-0.25, -0.2) is 0 Å². The molecule has 1 aromatic carbocycles. The maximum Gasteiger partial charge on any atom is 0.0710 e. The molecule has 1 aromatic rings.